The van der Waals surface area contributed by atoms with E-state index in [4.69, 9.17) is 15.4 Å². The molecule has 0 radical (unpaired) electrons. The lowest BCUT2D eigenvalue weighted by Gasteiger charge is -2.20. The molecule has 1 heterocycles. The van der Waals surface area contributed by atoms with E-state index in [0.29, 0.717) is 0 Å². The Labute approximate surface area is 95.3 Å². The zero-order valence-corrected chi connectivity index (χ0v) is 9.68. The maximum atomic E-state index is 8.61. The van der Waals surface area contributed by atoms with Crippen LogP contribution in [-0.4, -0.2) is 23.1 Å². The van der Waals surface area contributed by atoms with E-state index < -0.39 is 0 Å². The Morgan fingerprint density at radius 2 is 2.44 bits per heavy atom. The quantitative estimate of drug-likeness (QED) is 0.295. The molecule has 0 amide bonds. The number of furan rings is 1. The normalized spacial score (nSPS) is 16.0. The Balaban J connectivity index is 2.46. The van der Waals surface area contributed by atoms with Gasteiger partial charge < -0.3 is 20.7 Å². The molecule has 0 saturated carbocycles. The summed E-state index contributed by atoms with van der Waals surface area (Å²) < 4.78 is 5.26. The lowest BCUT2D eigenvalue weighted by molar-refractivity contribution is 0.313. The van der Waals surface area contributed by atoms with Crippen LogP contribution in [0.25, 0.3) is 0 Å². The number of amidine groups is 1. The number of hydrogen-bond donors (Lipinski definition) is 3. The van der Waals surface area contributed by atoms with E-state index in [1.54, 1.807) is 6.26 Å². The number of nitrogens with one attached hydrogen (secondary N) is 1. The van der Waals surface area contributed by atoms with E-state index in [-0.39, 0.29) is 17.9 Å². The highest BCUT2D eigenvalue weighted by Gasteiger charge is 2.15. The molecule has 5 nitrogen and oxygen atoms in total. The number of oxime groups is 1. The third kappa shape index (κ3) is 3.58. The van der Waals surface area contributed by atoms with Crippen LogP contribution in [-0.2, 0) is 6.42 Å². The molecule has 1 aromatic rings. The van der Waals surface area contributed by atoms with Crippen molar-refractivity contribution in [2.45, 2.75) is 38.8 Å². The molecule has 2 atom stereocenters. The summed E-state index contributed by atoms with van der Waals surface area (Å²) >= 11 is 0. The molecule has 0 fully saturated rings. The summed E-state index contributed by atoms with van der Waals surface area (Å²) in [6.45, 7) is 4.02. The van der Waals surface area contributed by atoms with Crippen LogP contribution in [0.15, 0.2) is 28.0 Å². The summed E-state index contributed by atoms with van der Waals surface area (Å²) in [4.78, 5) is 0. The van der Waals surface area contributed by atoms with Gasteiger partial charge in [0.1, 0.15) is 5.76 Å². The second-order valence-corrected chi connectivity index (χ2v) is 3.84. The van der Waals surface area contributed by atoms with Crippen molar-refractivity contribution < 1.29 is 9.62 Å². The molecule has 2 unspecified atom stereocenters. The predicted octanol–water partition coefficient (Wildman–Crippen LogP) is 1.33. The van der Waals surface area contributed by atoms with Gasteiger partial charge in [-0.25, -0.2) is 0 Å². The molecule has 5 heteroatoms. The van der Waals surface area contributed by atoms with Gasteiger partial charge in [0.25, 0.3) is 0 Å². The highest BCUT2D eigenvalue weighted by Crippen LogP contribution is 2.05. The molecule has 0 saturated heterocycles. The fourth-order valence-corrected chi connectivity index (χ4v) is 1.61. The molecule has 4 N–H and O–H groups in total. The summed E-state index contributed by atoms with van der Waals surface area (Å²) in [5.74, 6) is 1.14. The van der Waals surface area contributed by atoms with Crippen molar-refractivity contribution in [3.05, 3.63) is 24.2 Å². The van der Waals surface area contributed by atoms with Crippen LogP contribution < -0.4 is 11.1 Å². The summed E-state index contributed by atoms with van der Waals surface area (Å²) in [5, 5.41) is 14.9. The molecule has 1 rings (SSSR count). The zero-order chi connectivity index (χ0) is 12.0. The molecular weight excluding hydrogens is 206 g/mol. The van der Waals surface area contributed by atoms with E-state index in [1.165, 1.54) is 0 Å². The smallest absolute Gasteiger partial charge is 0.156 e. The van der Waals surface area contributed by atoms with Gasteiger partial charge in [0.15, 0.2) is 5.84 Å². The minimum absolute atomic E-state index is 0.102. The van der Waals surface area contributed by atoms with E-state index >= 15 is 0 Å². The molecule has 0 spiro atoms. The van der Waals surface area contributed by atoms with Gasteiger partial charge >= 0.3 is 0 Å². The minimum Gasteiger partial charge on any atom is -0.469 e. The monoisotopic (exact) mass is 225 g/mol. The average Bonchev–Trinajstić information content (AvgIpc) is 2.77. The van der Waals surface area contributed by atoms with Gasteiger partial charge in [0, 0.05) is 12.5 Å². The minimum atomic E-state index is -0.102. The van der Waals surface area contributed by atoms with E-state index in [9.17, 15) is 0 Å². The third-order valence-corrected chi connectivity index (χ3v) is 2.45. The van der Waals surface area contributed by atoms with Gasteiger partial charge in [-0.15, -0.1) is 0 Å². The molecule has 0 aliphatic carbocycles. The number of hydrogen-bond acceptors (Lipinski definition) is 4. The SMILES string of the molecule is CCC(NC(C)Cc1ccco1)C(N)=NO. The number of rotatable bonds is 6. The fraction of sp³-hybridized carbons (Fsp3) is 0.545. The summed E-state index contributed by atoms with van der Waals surface area (Å²) in [7, 11) is 0. The van der Waals surface area contributed by atoms with Crippen LogP contribution >= 0.6 is 0 Å². The third-order valence-electron chi connectivity index (χ3n) is 2.45. The van der Waals surface area contributed by atoms with Crippen LogP contribution in [0.2, 0.25) is 0 Å². The molecule has 0 aromatic carbocycles. The second kappa shape index (κ2) is 6.17. The van der Waals surface area contributed by atoms with Crippen molar-refractivity contribution in [2.24, 2.45) is 10.9 Å². The summed E-state index contributed by atoms with van der Waals surface area (Å²) in [6, 6.07) is 3.90. The summed E-state index contributed by atoms with van der Waals surface area (Å²) in [6.07, 6.45) is 3.21. The van der Waals surface area contributed by atoms with Crippen molar-refractivity contribution in [1.29, 1.82) is 0 Å². The first-order chi connectivity index (χ1) is 7.67. The predicted molar refractivity (Wildman–Crippen MR) is 62.5 cm³/mol. The molecule has 0 aliphatic heterocycles. The first-order valence-electron chi connectivity index (χ1n) is 5.43. The standard InChI is InChI=1S/C11H19N3O2/c1-3-10(11(12)14-15)13-8(2)7-9-5-4-6-16-9/h4-6,8,10,13,15H,3,7H2,1-2H3,(H2,12,14). The number of nitrogens with two attached hydrogens (primary N) is 1. The average molecular weight is 225 g/mol. The second-order valence-electron chi connectivity index (χ2n) is 3.84. The van der Waals surface area contributed by atoms with Crippen molar-refractivity contribution in [1.82, 2.24) is 5.32 Å². The Kier molecular flexibility index (Phi) is 4.85. The van der Waals surface area contributed by atoms with Crippen LogP contribution in [0.4, 0.5) is 0 Å². The summed E-state index contributed by atoms with van der Waals surface area (Å²) in [5.41, 5.74) is 5.56. The van der Waals surface area contributed by atoms with Crippen molar-refractivity contribution in [3.63, 3.8) is 0 Å². The maximum absolute atomic E-state index is 8.61. The molecule has 1 aromatic heterocycles. The van der Waals surface area contributed by atoms with E-state index in [1.807, 2.05) is 26.0 Å². The highest BCUT2D eigenvalue weighted by molar-refractivity contribution is 5.85. The van der Waals surface area contributed by atoms with Crippen LogP contribution in [0.5, 0.6) is 0 Å². The van der Waals surface area contributed by atoms with E-state index in [0.717, 1.165) is 18.6 Å². The first kappa shape index (κ1) is 12.6. The molecule has 16 heavy (non-hydrogen) atoms. The Bertz CT molecular complexity index is 322. The van der Waals surface area contributed by atoms with Crippen LogP contribution in [0, 0.1) is 0 Å². The van der Waals surface area contributed by atoms with Crippen LogP contribution in [0.1, 0.15) is 26.0 Å². The topological polar surface area (TPSA) is 83.8 Å². The highest BCUT2D eigenvalue weighted by atomic mass is 16.4. The zero-order valence-electron chi connectivity index (χ0n) is 9.68. The Morgan fingerprint density at radius 3 is 2.94 bits per heavy atom. The molecule has 90 valence electrons. The largest absolute Gasteiger partial charge is 0.469 e. The molecular formula is C11H19N3O2. The van der Waals surface area contributed by atoms with Gasteiger partial charge in [-0.05, 0) is 25.5 Å². The van der Waals surface area contributed by atoms with Gasteiger partial charge in [-0.1, -0.05) is 12.1 Å². The Morgan fingerprint density at radius 1 is 1.69 bits per heavy atom. The van der Waals surface area contributed by atoms with Gasteiger partial charge in [0.05, 0.1) is 12.3 Å². The van der Waals surface area contributed by atoms with Gasteiger partial charge in [0.2, 0.25) is 0 Å². The fourth-order valence-electron chi connectivity index (χ4n) is 1.61. The number of nitrogens with zero attached hydrogens (tertiary/aromatic N) is 1. The first-order valence-corrected chi connectivity index (χ1v) is 5.43. The lowest BCUT2D eigenvalue weighted by atomic mass is 10.1. The van der Waals surface area contributed by atoms with Gasteiger partial charge in [-0.2, -0.15) is 0 Å². The van der Waals surface area contributed by atoms with Crippen molar-refractivity contribution in [3.8, 4) is 0 Å². The Hall–Kier alpha value is -1.49. The van der Waals surface area contributed by atoms with Gasteiger partial charge in [-0.3, -0.25) is 0 Å². The van der Waals surface area contributed by atoms with E-state index in [2.05, 4.69) is 10.5 Å². The maximum Gasteiger partial charge on any atom is 0.156 e. The van der Waals surface area contributed by atoms with Crippen molar-refractivity contribution >= 4 is 5.84 Å². The molecule has 0 bridgehead atoms. The van der Waals surface area contributed by atoms with Crippen molar-refractivity contribution in [2.75, 3.05) is 0 Å². The lowest BCUT2D eigenvalue weighted by Crippen LogP contribution is -2.45. The molecule has 0 aliphatic rings. The van der Waals surface area contributed by atoms with Crippen LogP contribution in [0.3, 0.4) is 0 Å².